The molecule has 7 nitrogen and oxygen atoms in total. The number of fused-ring (bicyclic) bond motifs is 1. The summed E-state index contributed by atoms with van der Waals surface area (Å²) in [6, 6.07) is 12.0. The molecule has 2 aromatic carbocycles. The molecule has 0 saturated carbocycles. The first-order valence-electron chi connectivity index (χ1n) is 9.76. The Balaban J connectivity index is 1.72. The van der Waals surface area contributed by atoms with E-state index < -0.39 is 10.0 Å². The predicted octanol–water partition coefficient (Wildman–Crippen LogP) is 4.51. The van der Waals surface area contributed by atoms with Crippen LogP contribution in [0.15, 0.2) is 62.9 Å². The number of nitrogens with one attached hydrogen (secondary N) is 2. The quantitative estimate of drug-likeness (QED) is 0.662. The number of amides is 1. The number of rotatable bonds is 5. The highest BCUT2D eigenvalue weighted by Crippen LogP contribution is 2.45. The third-order valence-corrected chi connectivity index (χ3v) is 8.70. The highest BCUT2D eigenvalue weighted by atomic mass is 35.5. The first-order chi connectivity index (χ1) is 14.8. The summed E-state index contributed by atoms with van der Waals surface area (Å²) in [6.45, 7) is 4.19. The Morgan fingerprint density at radius 3 is 2.58 bits per heavy atom. The summed E-state index contributed by atoms with van der Waals surface area (Å²) < 4.78 is 27.2. The summed E-state index contributed by atoms with van der Waals surface area (Å²) in [4.78, 5) is 15.1. The molecule has 1 amide bonds. The molecule has 162 valence electrons. The van der Waals surface area contributed by atoms with Gasteiger partial charge in [0.2, 0.25) is 15.9 Å². The van der Waals surface area contributed by atoms with E-state index in [0.717, 1.165) is 15.6 Å². The lowest BCUT2D eigenvalue weighted by Gasteiger charge is -2.22. The number of sulfonamides is 1. The van der Waals surface area contributed by atoms with E-state index in [2.05, 4.69) is 5.32 Å². The van der Waals surface area contributed by atoms with Crippen LogP contribution in [-0.4, -0.2) is 37.6 Å². The van der Waals surface area contributed by atoms with Gasteiger partial charge in [0.15, 0.2) is 0 Å². The Hall–Kier alpha value is -2.33. The molecule has 31 heavy (non-hydrogen) atoms. The van der Waals surface area contributed by atoms with Crippen molar-refractivity contribution in [2.45, 2.75) is 30.1 Å². The molecule has 0 aromatic heterocycles. The molecule has 2 N–H and O–H groups in total. The first-order valence-corrected chi connectivity index (χ1v) is 12.4. The molecular weight excluding hydrogens is 456 g/mol. The lowest BCUT2D eigenvalue weighted by Crippen LogP contribution is -2.32. The maximum Gasteiger partial charge on any atom is 0.243 e. The number of hydrogen-bond acceptors (Lipinski definition) is 6. The van der Waals surface area contributed by atoms with E-state index >= 15 is 0 Å². The number of carbonyl (C=O) groups excluding carboxylic acids is 1. The zero-order valence-electron chi connectivity index (χ0n) is 17.0. The predicted molar refractivity (Wildman–Crippen MR) is 124 cm³/mol. The second-order valence-electron chi connectivity index (χ2n) is 6.99. The van der Waals surface area contributed by atoms with Crippen LogP contribution in [0.1, 0.15) is 20.3 Å². The van der Waals surface area contributed by atoms with E-state index in [1.807, 2.05) is 24.3 Å². The van der Waals surface area contributed by atoms with Crippen molar-refractivity contribution in [2.75, 3.05) is 23.3 Å². The van der Waals surface area contributed by atoms with Crippen molar-refractivity contribution >= 4 is 56.5 Å². The second kappa shape index (κ2) is 8.31. The first kappa shape index (κ1) is 21.9. The van der Waals surface area contributed by atoms with Crippen LogP contribution in [-0.2, 0) is 14.8 Å². The Labute approximate surface area is 190 Å². The molecule has 0 aliphatic carbocycles. The van der Waals surface area contributed by atoms with Crippen molar-refractivity contribution < 1.29 is 13.2 Å². The maximum atomic E-state index is 12.9. The van der Waals surface area contributed by atoms with Gasteiger partial charge in [0.05, 0.1) is 32.7 Å². The minimum Gasteiger partial charge on any atom is -0.349 e. The van der Waals surface area contributed by atoms with Gasteiger partial charge in [-0.25, -0.2) is 8.42 Å². The number of para-hydroxylation sites is 1. The highest BCUT2D eigenvalue weighted by Gasteiger charge is 2.37. The number of hydrogen-bond donors (Lipinski definition) is 2. The van der Waals surface area contributed by atoms with Gasteiger partial charge in [-0.05, 0) is 30.3 Å². The molecule has 0 spiro atoms. The van der Waals surface area contributed by atoms with Gasteiger partial charge in [-0.3, -0.25) is 15.1 Å². The zero-order valence-corrected chi connectivity index (χ0v) is 19.4. The molecule has 2 aliphatic heterocycles. The molecule has 0 radical (unpaired) electrons. The number of amidine groups is 1. The topological polar surface area (TPSA) is 93.6 Å². The summed E-state index contributed by atoms with van der Waals surface area (Å²) >= 11 is 7.82. The summed E-state index contributed by atoms with van der Waals surface area (Å²) in [5.74, 6) is -0.336. The van der Waals surface area contributed by atoms with Gasteiger partial charge in [-0.1, -0.05) is 49.3 Å². The van der Waals surface area contributed by atoms with Crippen molar-refractivity contribution in [3.05, 3.63) is 58.1 Å². The molecule has 2 heterocycles. The molecule has 2 aromatic rings. The molecule has 10 heteroatoms. The Kier molecular flexibility index (Phi) is 5.87. The van der Waals surface area contributed by atoms with Crippen molar-refractivity contribution in [2.24, 2.45) is 0 Å². The summed E-state index contributed by atoms with van der Waals surface area (Å²) in [6.07, 6.45) is 0.0332. The van der Waals surface area contributed by atoms with Crippen LogP contribution in [0.3, 0.4) is 0 Å². The number of carbonyl (C=O) groups is 1. The fourth-order valence-electron chi connectivity index (χ4n) is 3.61. The maximum absolute atomic E-state index is 12.9. The second-order valence-corrected chi connectivity index (χ2v) is 10.4. The van der Waals surface area contributed by atoms with Gasteiger partial charge >= 0.3 is 0 Å². The zero-order chi connectivity index (χ0) is 22.3. The third kappa shape index (κ3) is 3.76. The number of nitrogens with zero attached hydrogens (tertiary/aromatic N) is 2. The van der Waals surface area contributed by atoms with Crippen LogP contribution in [0.4, 0.5) is 11.4 Å². The summed E-state index contributed by atoms with van der Waals surface area (Å²) in [7, 11) is -3.73. The van der Waals surface area contributed by atoms with Crippen LogP contribution < -0.4 is 10.2 Å². The van der Waals surface area contributed by atoms with Crippen LogP contribution in [0.25, 0.3) is 0 Å². The van der Waals surface area contributed by atoms with Crippen molar-refractivity contribution in [1.82, 2.24) is 4.31 Å². The Morgan fingerprint density at radius 1 is 1.19 bits per heavy atom. The van der Waals surface area contributed by atoms with Crippen molar-refractivity contribution in [3.63, 3.8) is 0 Å². The molecule has 1 fully saturated rings. The molecule has 0 unspecified atom stereocenters. The normalized spacial score (nSPS) is 18.6. The minimum absolute atomic E-state index is 0.00732. The van der Waals surface area contributed by atoms with Gasteiger partial charge in [-0.2, -0.15) is 4.31 Å². The average molecular weight is 477 g/mol. The van der Waals surface area contributed by atoms with Crippen LogP contribution in [0.5, 0.6) is 0 Å². The van der Waals surface area contributed by atoms with E-state index in [1.165, 1.54) is 39.2 Å². The SMILES string of the molecule is CCN(CC)S(=O)(=O)c1ccc(Cl)c(N2C(=N)/C(=C3/Nc4ccccc4S3)CC2=O)c1. The smallest absolute Gasteiger partial charge is 0.243 e. The summed E-state index contributed by atoms with van der Waals surface area (Å²) in [5.41, 5.74) is 1.68. The van der Waals surface area contributed by atoms with E-state index in [4.69, 9.17) is 17.0 Å². The van der Waals surface area contributed by atoms with E-state index in [-0.39, 0.29) is 33.8 Å². The van der Waals surface area contributed by atoms with Crippen LogP contribution in [0, 0.1) is 5.41 Å². The highest BCUT2D eigenvalue weighted by molar-refractivity contribution is 8.03. The fourth-order valence-corrected chi connectivity index (χ4v) is 6.34. The van der Waals surface area contributed by atoms with Crippen LogP contribution >= 0.6 is 23.4 Å². The monoisotopic (exact) mass is 476 g/mol. The van der Waals surface area contributed by atoms with E-state index in [1.54, 1.807) is 13.8 Å². The largest absolute Gasteiger partial charge is 0.349 e. The molecule has 1 saturated heterocycles. The molecular formula is C21H21ClN4O3S2. The van der Waals surface area contributed by atoms with Gasteiger partial charge in [-0.15, -0.1) is 0 Å². The third-order valence-electron chi connectivity index (χ3n) is 5.21. The average Bonchev–Trinajstić information content (AvgIpc) is 3.29. The fraction of sp³-hybridized carbons (Fsp3) is 0.238. The standard InChI is InChI=1S/C21H21ClN4O3S2/c1-3-25(4-2)31(28,29)13-9-10-15(22)17(11-13)26-19(27)12-14(20(26)23)21-24-16-7-5-6-8-18(16)30-21/h5-11,23-24H,3-4,12H2,1-2H3/b21-14-,23-20?. The van der Waals surface area contributed by atoms with Crippen molar-refractivity contribution in [3.8, 4) is 0 Å². The van der Waals surface area contributed by atoms with Gasteiger partial charge in [0.25, 0.3) is 0 Å². The van der Waals surface area contributed by atoms with Gasteiger partial charge < -0.3 is 5.32 Å². The lowest BCUT2D eigenvalue weighted by atomic mass is 10.2. The van der Waals surface area contributed by atoms with Gasteiger partial charge in [0.1, 0.15) is 5.84 Å². The lowest BCUT2D eigenvalue weighted by molar-refractivity contribution is -0.116. The minimum atomic E-state index is -3.73. The van der Waals surface area contributed by atoms with Crippen LogP contribution in [0.2, 0.25) is 5.02 Å². The summed E-state index contributed by atoms with van der Waals surface area (Å²) in [5, 5.41) is 12.9. The van der Waals surface area contributed by atoms with Crippen molar-refractivity contribution in [1.29, 1.82) is 5.41 Å². The molecule has 0 bridgehead atoms. The Morgan fingerprint density at radius 2 is 1.90 bits per heavy atom. The number of benzene rings is 2. The molecule has 0 atom stereocenters. The molecule has 2 aliphatic rings. The Bertz CT molecular complexity index is 1200. The number of halogens is 1. The molecule has 4 rings (SSSR count). The van der Waals surface area contributed by atoms with E-state index in [9.17, 15) is 13.2 Å². The number of thioether (sulfide) groups is 1. The number of anilines is 2. The van der Waals surface area contributed by atoms with Gasteiger partial charge in [0, 0.05) is 23.6 Å². The van der Waals surface area contributed by atoms with E-state index in [0.29, 0.717) is 18.7 Å².